The molecule has 0 bridgehead atoms. The van der Waals surface area contributed by atoms with Crippen LogP contribution in [0.1, 0.15) is 17.4 Å². The molecular weight excluding hydrogens is 329 g/mol. The lowest BCUT2D eigenvalue weighted by Crippen LogP contribution is -2.23. The average Bonchev–Trinajstić information content (AvgIpc) is 2.77. The van der Waals surface area contributed by atoms with Crippen molar-refractivity contribution >= 4 is 22.6 Å². The van der Waals surface area contributed by atoms with E-state index in [1.54, 1.807) is 0 Å². The summed E-state index contributed by atoms with van der Waals surface area (Å²) < 4.78 is 6.33. The van der Waals surface area contributed by atoms with Gasteiger partial charge in [0, 0.05) is 0 Å². The number of benzene rings is 1. The van der Waals surface area contributed by atoms with Crippen LogP contribution in [0.15, 0.2) is 46.9 Å². The summed E-state index contributed by atoms with van der Waals surface area (Å²) in [5.41, 5.74) is 1.08. The molecular formula is C13H14INO2. The summed E-state index contributed by atoms with van der Waals surface area (Å²) in [5, 5.41) is 12.6. The Kier molecular flexibility index (Phi) is 4.58. The van der Waals surface area contributed by atoms with Crippen molar-refractivity contribution < 1.29 is 9.52 Å². The maximum absolute atomic E-state index is 9.37. The Labute approximate surface area is 114 Å². The molecule has 2 N–H and O–H groups in total. The number of hydrogen-bond acceptors (Lipinski definition) is 3. The molecule has 90 valence electrons. The minimum absolute atomic E-state index is 0.0565. The topological polar surface area (TPSA) is 45.4 Å². The van der Waals surface area contributed by atoms with Crippen LogP contribution in [0.5, 0.6) is 0 Å². The fourth-order valence-corrected chi connectivity index (χ4v) is 2.11. The second-order valence-corrected chi connectivity index (χ2v) is 4.80. The standard InChI is InChI=1S/C13H14INO2/c14-13-7-6-11(17-13)8-15-12(9-16)10-4-2-1-3-5-10/h1-7,12,15-16H,8-9H2. The highest BCUT2D eigenvalue weighted by molar-refractivity contribution is 14.1. The first-order valence-electron chi connectivity index (χ1n) is 5.43. The molecule has 1 heterocycles. The quantitative estimate of drug-likeness (QED) is 0.821. The summed E-state index contributed by atoms with van der Waals surface area (Å²) in [7, 11) is 0. The summed E-state index contributed by atoms with van der Waals surface area (Å²) in [6.45, 7) is 0.685. The monoisotopic (exact) mass is 343 g/mol. The van der Waals surface area contributed by atoms with E-state index in [1.165, 1.54) is 0 Å². The Morgan fingerprint density at radius 2 is 1.94 bits per heavy atom. The predicted molar refractivity (Wildman–Crippen MR) is 74.5 cm³/mol. The largest absolute Gasteiger partial charge is 0.454 e. The van der Waals surface area contributed by atoms with E-state index in [2.05, 4.69) is 27.9 Å². The summed E-state index contributed by atoms with van der Waals surface area (Å²) in [4.78, 5) is 0. The van der Waals surface area contributed by atoms with Gasteiger partial charge in [0.25, 0.3) is 0 Å². The third kappa shape index (κ3) is 3.55. The third-order valence-corrected chi connectivity index (χ3v) is 3.12. The van der Waals surface area contributed by atoms with E-state index >= 15 is 0 Å². The lowest BCUT2D eigenvalue weighted by atomic mass is 10.1. The van der Waals surface area contributed by atoms with Gasteiger partial charge in [0.2, 0.25) is 0 Å². The van der Waals surface area contributed by atoms with Gasteiger partial charge in [-0.25, -0.2) is 0 Å². The zero-order chi connectivity index (χ0) is 12.1. The number of furan rings is 1. The Bertz CT molecular complexity index is 455. The molecule has 0 aliphatic carbocycles. The number of aliphatic hydroxyl groups excluding tert-OH is 1. The number of nitrogens with one attached hydrogen (secondary N) is 1. The first-order chi connectivity index (χ1) is 8.29. The van der Waals surface area contributed by atoms with Crippen LogP contribution in [0, 0.1) is 3.77 Å². The van der Waals surface area contributed by atoms with Crippen molar-refractivity contribution in [2.24, 2.45) is 0 Å². The van der Waals surface area contributed by atoms with Gasteiger partial charge < -0.3 is 14.8 Å². The minimum Gasteiger partial charge on any atom is -0.454 e. The smallest absolute Gasteiger partial charge is 0.164 e. The maximum Gasteiger partial charge on any atom is 0.164 e. The van der Waals surface area contributed by atoms with Crippen LogP contribution in [-0.2, 0) is 6.54 Å². The Morgan fingerprint density at radius 3 is 2.53 bits per heavy atom. The Hall–Kier alpha value is -0.850. The number of aliphatic hydroxyl groups is 1. The van der Waals surface area contributed by atoms with Gasteiger partial charge in [0.15, 0.2) is 3.77 Å². The molecule has 0 spiro atoms. The second kappa shape index (κ2) is 6.18. The molecule has 1 unspecified atom stereocenters. The third-order valence-electron chi connectivity index (χ3n) is 2.54. The van der Waals surface area contributed by atoms with E-state index in [0.29, 0.717) is 6.54 Å². The van der Waals surface area contributed by atoms with Crippen molar-refractivity contribution in [1.82, 2.24) is 5.32 Å². The fraction of sp³-hybridized carbons (Fsp3) is 0.231. The minimum atomic E-state index is -0.0565. The molecule has 17 heavy (non-hydrogen) atoms. The molecule has 2 aromatic rings. The molecule has 0 fully saturated rings. The second-order valence-electron chi connectivity index (χ2n) is 3.73. The van der Waals surface area contributed by atoms with E-state index < -0.39 is 0 Å². The van der Waals surface area contributed by atoms with Gasteiger partial charge in [0.05, 0.1) is 19.2 Å². The van der Waals surface area contributed by atoms with Crippen LogP contribution in [0.3, 0.4) is 0 Å². The zero-order valence-electron chi connectivity index (χ0n) is 9.27. The number of hydrogen-bond donors (Lipinski definition) is 2. The van der Waals surface area contributed by atoms with Crippen LogP contribution >= 0.6 is 22.6 Å². The number of rotatable bonds is 5. The number of halogens is 1. The van der Waals surface area contributed by atoms with Crippen molar-refractivity contribution in [3.05, 3.63) is 57.6 Å². The highest BCUT2D eigenvalue weighted by Crippen LogP contribution is 2.14. The van der Waals surface area contributed by atoms with Gasteiger partial charge in [-0.3, -0.25) is 0 Å². The highest BCUT2D eigenvalue weighted by atomic mass is 127. The van der Waals surface area contributed by atoms with Gasteiger partial charge >= 0.3 is 0 Å². The van der Waals surface area contributed by atoms with Crippen LogP contribution in [0.4, 0.5) is 0 Å². The lowest BCUT2D eigenvalue weighted by molar-refractivity contribution is 0.240. The maximum atomic E-state index is 9.37. The molecule has 1 aromatic carbocycles. The van der Waals surface area contributed by atoms with Gasteiger partial charge in [-0.2, -0.15) is 0 Å². The first kappa shape index (κ1) is 12.6. The van der Waals surface area contributed by atoms with E-state index in [9.17, 15) is 5.11 Å². The average molecular weight is 343 g/mol. The molecule has 3 nitrogen and oxygen atoms in total. The molecule has 2 rings (SSSR count). The van der Waals surface area contributed by atoms with Crippen molar-refractivity contribution in [3.8, 4) is 0 Å². The van der Waals surface area contributed by atoms with Crippen molar-refractivity contribution in [3.63, 3.8) is 0 Å². The SMILES string of the molecule is OCC(NCc1ccc(I)o1)c1ccccc1. The fourth-order valence-electron chi connectivity index (χ4n) is 1.64. The summed E-state index contributed by atoms with van der Waals surface area (Å²) in [6.07, 6.45) is 0. The molecule has 0 saturated carbocycles. The van der Waals surface area contributed by atoms with Crippen LogP contribution in [0.2, 0.25) is 0 Å². The zero-order valence-corrected chi connectivity index (χ0v) is 11.4. The Morgan fingerprint density at radius 1 is 1.18 bits per heavy atom. The molecule has 0 amide bonds. The van der Waals surface area contributed by atoms with E-state index in [-0.39, 0.29) is 12.6 Å². The van der Waals surface area contributed by atoms with Gasteiger partial charge in [0.1, 0.15) is 5.76 Å². The summed E-state index contributed by atoms with van der Waals surface area (Å²) in [6, 6.07) is 13.7. The van der Waals surface area contributed by atoms with Gasteiger partial charge in [-0.15, -0.1) is 0 Å². The van der Waals surface area contributed by atoms with Crippen molar-refractivity contribution in [2.75, 3.05) is 6.61 Å². The molecule has 4 heteroatoms. The summed E-state index contributed by atoms with van der Waals surface area (Å²) >= 11 is 2.13. The predicted octanol–water partition coefficient (Wildman–Crippen LogP) is 2.71. The molecule has 0 radical (unpaired) electrons. The molecule has 0 aliphatic rings. The highest BCUT2D eigenvalue weighted by Gasteiger charge is 2.09. The van der Waals surface area contributed by atoms with Crippen LogP contribution < -0.4 is 5.32 Å². The summed E-state index contributed by atoms with van der Waals surface area (Å²) in [5.74, 6) is 0.879. The van der Waals surface area contributed by atoms with E-state index in [4.69, 9.17) is 4.42 Å². The molecule has 0 aliphatic heterocycles. The lowest BCUT2D eigenvalue weighted by Gasteiger charge is -2.15. The van der Waals surface area contributed by atoms with Crippen LogP contribution in [0.25, 0.3) is 0 Å². The normalized spacial score (nSPS) is 12.6. The van der Waals surface area contributed by atoms with Crippen molar-refractivity contribution in [1.29, 1.82) is 0 Å². The molecule has 1 aromatic heterocycles. The Balaban J connectivity index is 1.97. The van der Waals surface area contributed by atoms with Gasteiger partial charge in [-0.1, -0.05) is 30.3 Å². The molecule has 1 atom stereocenters. The molecule has 0 saturated heterocycles. The van der Waals surface area contributed by atoms with E-state index in [0.717, 1.165) is 15.1 Å². The van der Waals surface area contributed by atoms with E-state index in [1.807, 2.05) is 42.5 Å². The first-order valence-corrected chi connectivity index (χ1v) is 6.51. The van der Waals surface area contributed by atoms with Crippen LogP contribution in [-0.4, -0.2) is 11.7 Å². The van der Waals surface area contributed by atoms with Crippen molar-refractivity contribution in [2.45, 2.75) is 12.6 Å². The van der Waals surface area contributed by atoms with Gasteiger partial charge in [-0.05, 0) is 40.3 Å².